The fourth-order valence-electron chi connectivity index (χ4n) is 2.08. The van der Waals surface area contributed by atoms with Gasteiger partial charge in [-0.3, -0.25) is 0 Å². The van der Waals surface area contributed by atoms with Crippen LogP contribution in [0.4, 0.5) is 0 Å². The van der Waals surface area contributed by atoms with Crippen LogP contribution in [0.2, 0.25) is 0 Å². The van der Waals surface area contributed by atoms with Gasteiger partial charge in [0.15, 0.2) is 0 Å². The third-order valence-corrected chi connectivity index (χ3v) is 3.39. The first-order valence-corrected chi connectivity index (χ1v) is 8.41. The van der Waals surface area contributed by atoms with Crippen LogP contribution in [0.1, 0.15) is 78.1 Å². The van der Waals surface area contributed by atoms with E-state index in [1.807, 2.05) is 6.92 Å². The molecular formula is C18H32O3. The highest BCUT2D eigenvalue weighted by Gasteiger charge is 2.06. The summed E-state index contributed by atoms with van der Waals surface area (Å²) in [6.07, 6.45) is 17.2. The topological polar surface area (TPSA) is 46.5 Å². The van der Waals surface area contributed by atoms with Gasteiger partial charge in [0, 0.05) is 0 Å². The average molecular weight is 296 g/mol. The first-order chi connectivity index (χ1) is 10.2. The van der Waals surface area contributed by atoms with Gasteiger partial charge >= 0.3 is 5.97 Å². The van der Waals surface area contributed by atoms with Gasteiger partial charge in [-0.25, -0.2) is 4.79 Å². The molecule has 122 valence electrons. The van der Waals surface area contributed by atoms with Gasteiger partial charge in [0.25, 0.3) is 0 Å². The summed E-state index contributed by atoms with van der Waals surface area (Å²) in [6.45, 7) is 4.45. The molecule has 0 aliphatic rings. The van der Waals surface area contributed by atoms with Crippen molar-refractivity contribution in [3.05, 3.63) is 24.0 Å². The van der Waals surface area contributed by atoms with Gasteiger partial charge in [0.2, 0.25) is 5.76 Å². The van der Waals surface area contributed by atoms with Crippen molar-refractivity contribution >= 4 is 5.97 Å². The van der Waals surface area contributed by atoms with Crippen LogP contribution in [-0.2, 0) is 9.53 Å². The maximum atomic E-state index is 11.3. The molecule has 0 aliphatic carbocycles. The van der Waals surface area contributed by atoms with Crippen LogP contribution in [-0.4, -0.2) is 17.7 Å². The molecule has 0 fully saturated rings. The molecule has 0 radical (unpaired) electrons. The van der Waals surface area contributed by atoms with Crippen molar-refractivity contribution in [2.24, 2.45) is 0 Å². The summed E-state index contributed by atoms with van der Waals surface area (Å²) in [4.78, 5) is 11.3. The molecule has 21 heavy (non-hydrogen) atoms. The zero-order valence-corrected chi connectivity index (χ0v) is 13.8. The Morgan fingerprint density at radius 2 is 1.48 bits per heavy atom. The van der Waals surface area contributed by atoms with Crippen molar-refractivity contribution in [1.29, 1.82) is 0 Å². The third-order valence-electron chi connectivity index (χ3n) is 3.39. The van der Waals surface area contributed by atoms with Crippen LogP contribution >= 0.6 is 0 Å². The van der Waals surface area contributed by atoms with E-state index in [4.69, 9.17) is 4.74 Å². The Bertz CT molecular complexity index is 306. The van der Waals surface area contributed by atoms with Crippen molar-refractivity contribution in [2.75, 3.05) is 6.61 Å². The van der Waals surface area contributed by atoms with Crippen LogP contribution in [0.5, 0.6) is 0 Å². The summed E-state index contributed by atoms with van der Waals surface area (Å²) in [6, 6.07) is 0. The van der Waals surface area contributed by atoms with Gasteiger partial charge in [-0.15, -0.1) is 0 Å². The smallest absolute Gasteiger partial charge is 0.373 e. The summed E-state index contributed by atoms with van der Waals surface area (Å²) >= 11 is 0. The second kappa shape index (κ2) is 15.1. The number of hydrogen-bond acceptors (Lipinski definition) is 3. The van der Waals surface area contributed by atoms with Crippen molar-refractivity contribution in [2.45, 2.75) is 78.1 Å². The van der Waals surface area contributed by atoms with Crippen LogP contribution in [0, 0.1) is 0 Å². The van der Waals surface area contributed by atoms with E-state index in [1.54, 1.807) is 12.2 Å². The Kier molecular flexibility index (Phi) is 14.2. The Hall–Kier alpha value is -1.25. The Labute approximate surface area is 130 Å². The van der Waals surface area contributed by atoms with Crippen LogP contribution in [0.25, 0.3) is 0 Å². The minimum Gasteiger partial charge on any atom is -0.502 e. The van der Waals surface area contributed by atoms with E-state index < -0.39 is 5.97 Å². The van der Waals surface area contributed by atoms with Crippen molar-refractivity contribution < 1.29 is 14.6 Å². The summed E-state index contributed by atoms with van der Waals surface area (Å²) < 4.78 is 4.98. The fraction of sp³-hybridized carbons (Fsp3) is 0.722. The third kappa shape index (κ3) is 13.5. The van der Waals surface area contributed by atoms with E-state index in [0.29, 0.717) is 6.61 Å². The normalized spacial score (nSPS) is 12.0. The number of allylic oxidation sites excluding steroid dienone is 3. The number of carbonyl (C=O) groups excluding carboxylic acids is 1. The molecule has 0 atom stereocenters. The van der Waals surface area contributed by atoms with E-state index in [2.05, 4.69) is 6.92 Å². The minimum absolute atomic E-state index is 0.333. The van der Waals surface area contributed by atoms with Crippen LogP contribution < -0.4 is 0 Å². The molecule has 0 rings (SSSR count). The molecule has 1 N–H and O–H groups in total. The van der Waals surface area contributed by atoms with Crippen LogP contribution in [0.15, 0.2) is 24.0 Å². The molecule has 0 aromatic heterocycles. The summed E-state index contributed by atoms with van der Waals surface area (Å²) in [5, 5.41) is 9.35. The fourth-order valence-corrected chi connectivity index (χ4v) is 2.08. The highest BCUT2D eigenvalue weighted by atomic mass is 16.5. The predicted molar refractivity (Wildman–Crippen MR) is 88.3 cm³/mol. The van der Waals surface area contributed by atoms with Gasteiger partial charge in [-0.05, 0) is 19.4 Å². The maximum Gasteiger partial charge on any atom is 0.373 e. The largest absolute Gasteiger partial charge is 0.502 e. The van der Waals surface area contributed by atoms with Gasteiger partial charge < -0.3 is 9.84 Å². The van der Waals surface area contributed by atoms with E-state index in [1.165, 1.54) is 57.4 Å². The maximum absolute atomic E-state index is 11.3. The second-order valence-corrected chi connectivity index (χ2v) is 5.40. The predicted octanol–water partition coefficient (Wildman–Crippen LogP) is 5.47. The Morgan fingerprint density at radius 1 is 0.952 bits per heavy atom. The van der Waals surface area contributed by atoms with Gasteiger partial charge in [0.1, 0.15) is 0 Å². The second-order valence-electron chi connectivity index (χ2n) is 5.40. The molecule has 0 heterocycles. The van der Waals surface area contributed by atoms with Crippen molar-refractivity contribution in [3.8, 4) is 0 Å². The number of rotatable bonds is 13. The lowest BCUT2D eigenvalue weighted by atomic mass is 10.1. The molecule has 0 saturated heterocycles. The number of carbonyl (C=O) groups is 1. The first kappa shape index (κ1) is 19.8. The van der Waals surface area contributed by atoms with Crippen molar-refractivity contribution in [1.82, 2.24) is 0 Å². The molecule has 0 spiro atoms. The van der Waals surface area contributed by atoms with Gasteiger partial charge in [-0.2, -0.15) is 0 Å². The van der Waals surface area contributed by atoms with Crippen molar-refractivity contribution in [3.63, 3.8) is 0 Å². The lowest BCUT2D eigenvalue weighted by Crippen LogP contribution is -2.08. The Balaban J connectivity index is 3.34. The summed E-state index contributed by atoms with van der Waals surface area (Å²) in [5.41, 5.74) is 0. The van der Waals surface area contributed by atoms with Crippen LogP contribution in [0.3, 0.4) is 0 Å². The number of hydrogen-bond donors (Lipinski definition) is 1. The molecular weight excluding hydrogens is 264 g/mol. The molecule has 3 nitrogen and oxygen atoms in total. The van der Waals surface area contributed by atoms with E-state index >= 15 is 0 Å². The molecule has 0 saturated carbocycles. The SMILES string of the molecule is C/C=C/C=C(\O)C(=O)OCCCCCCCCCCCC. The Morgan fingerprint density at radius 3 is 2.00 bits per heavy atom. The molecule has 0 aromatic rings. The lowest BCUT2D eigenvalue weighted by Gasteiger charge is -2.04. The quantitative estimate of drug-likeness (QED) is 0.161. The zero-order valence-electron chi connectivity index (χ0n) is 13.8. The monoisotopic (exact) mass is 296 g/mol. The van der Waals surface area contributed by atoms with Gasteiger partial charge in [-0.1, -0.05) is 76.9 Å². The standard InChI is InChI=1S/C18H32O3/c1-3-5-7-8-9-10-11-12-13-14-16-21-18(20)17(19)15-6-4-2/h4,6,15,19H,3,5,7-14,16H2,1-2H3/b6-4+,17-15-. The molecule has 3 heteroatoms. The summed E-state index contributed by atoms with van der Waals surface area (Å²) in [7, 11) is 0. The summed E-state index contributed by atoms with van der Waals surface area (Å²) in [5.74, 6) is -0.968. The van der Waals surface area contributed by atoms with E-state index in [0.717, 1.165) is 12.8 Å². The average Bonchev–Trinajstić information content (AvgIpc) is 2.49. The first-order valence-electron chi connectivity index (χ1n) is 8.41. The number of unbranched alkanes of at least 4 members (excludes halogenated alkanes) is 9. The number of esters is 1. The molecule has 0 bridgehead atoms. The minimum atomic E-state index is -0.635. The highest BCUT2D eigenvalue weighted by Crippen LogP contribution is 2.10. The lowest BCUT2D eigenvalue weighted by molar-refractivity contribution is -0.142. The zero-order chi connectivity index (χ0) is 15.8. The number of ether oxygens (including phenoxy) is 1. The molecule has 0 unspecified atom stereocenters. The van der Waals surface area contributed by atoms with E-state index in [9.17, 15) is 9.90 Å². The van der Waals surface area contributed by atoms with E-state index in [-0.39, 0.29) is 5.76 Å². The molecule has 0 aliphatic heterocycles. The highest BCUT2D eigenvalue weighted by molar-refractivity contribution is 5.85. The molecule has 0 aromatic carbocycles. The number of aliphatic hydroxyl groups excluding tert-OH is 1. The number of aliphatic hydroxyl groups is 1. The molecule has 0 amide bonds. The van der Waals surface area contributed by atoms with Gasteiger partial charge in [0.05, 0.1) is 6.61 Å².